The predicted molar refractivity (Wildman–Crippen MR) is 165 cm³/mol. The normalized spacial score (nSPS) is 25.2. The van der Waals surface area contributed by atoms with Crippen LogP contribution in [0.3, 0.4) is 0 Å². The largest absolute Gasteiger partial charge is 0.508 e. The molecule has 0 bridgehead atoms. The van der Waals surface area contributed by atoms with Gasteiger partial charge in [-0.3, -0.25) is 4.90 Å². The molecule has 3 saturated heterocycles. The van der Waals surface area contributed by atoms with Gasteiger partial charge in [-0.25, -0.2) is 17.6 Å². The molecule has 1 aromatic heterocycles. The third kappa shape index (κ3) is 5.00. The maximum Gasteiger partial charge on any atom is 0.319 e. The zero-order chi connectivity index (χ0) is 31.7. The molecule has 3 atom stereocenters. The number of phenols is 1. The summed E-state index contributed by atoms with van der Waals surface area (Å²) in [5.74, 6) is -0.486. The Morgan fingerprint density at radius 3 is 2.69 bits per heavy atom. The number of nitrogens with two attached hydrogens (primary N) is 1. The number of rotatable bonds is 5. The van der Waals surface area contributed by atoms with Crippen molar-refractivity contribution in [1.82, 2.24) is 14.9 Å². The van der Waals surface area contributed by atoms with Crippen molar-refractivity contribution in [2.75, 3.05) is 37.7 Å². The molecule has 1 unspecified atom stereocenters. The van der Waals surface area contributed by atoms with Gasteiger partial charge in [-0.05, 0) is 68.8 Å². The lowest BCUT2D eigenvalue weighted by atomic mass is 9.91. The van der Waals surface area contributed by atoms with E-state index >= 15 is 8.78 Å². The lowest BCUT2D eigenvalue weighted by Crippen LogP contribution is -2.52. The third-order valence-electron chi connectivity index (χ3n) is 9.57. The number of hydrogen-bond donors (Lipinski definition) is 2. The van der Waals surface area contributed by atoms with E-state index in [9.17, 15) is 13.9 Å². The van der Waals surface area contributed by atoms with Crippen LogP contribution in [-0.2, 0) is 0 Å². The number of aromatic nitrogens is 2. The highest BCUT2D eigenvalue weighted by Gasteiger charge is 2.49. The first kappa shape index (κ1) is 29.6. The van der Waals surface area contributed by atoms with Crippen LogP contribution in [0.1, 0.15) is 44.6 Å². The SMILES string of the molecule is C#Cc1c(F)ccc2cc(O)cc(-c3c(F)cc4c(N5CCCC(C)(N)C5)nc(OC[C@@]56CCCN5C[C@H](F)C6)nc4c3F)c12. The second-order valence-corrected chi connectivity index (χ2v) is 13.0. The monoisotopic (exact) mass is 619 g/mol. The summed E-state index contributed by atoms with van der Waals surface area (Å²) in [4.78, 5) is 13.0. The first-order chi connectivity index (χ1) is 21.5. The molecule has 0 aliphatic carbocycles. The fourth-order valence-electron chi connectivity index (χ4n) is 7.57. The zero-order valence-corrected chi connectivity index (χ0v) is 24.8. The zero-order valence-electron chi connectivity index (χ0n) is 24.8. The van der Waals surface area contributed by atoms with Crippen molar-refractivity contribution in [3.63, 3.8) is 0 Å². The van der Waals surface area contributed by atoms with Crippen LogP contribution in [0.2, 0.25) is 0 Å². The minimum atomic E-state index is -1.05. The first-order valence-electron chi connectivity index (χ1n) is 15.2. The Labute approximate surface area is 258 Å². The number of fused-ring (bicyclic) bond motifs is 3. The minimum absolute atomic E-state index is 0.0792. The van der Waals surface area contributed by atoms with E-state index in [0.29, 0.717) is 31.4 Å². The van der Waals surface area contributed by atoms with Crippen LogP contribution < -0.4 is 15.4 Å². The molecular formula is C34H33F4N5O2. The highest BCUT2D eigenvalue weighted by atomic mass is 19.1. The number of nitrogens with zero attached hydrogens (tertiary/aromatic N) is 4. The third-order valence-corrected chi connectivity index (χ3v) is 9.57. The van der Waals surface area contributed by atoms with Gasteiger partial charge in [0.2, 0.25) is 0 Å². The number of aromatic hydroxyl groups is 1. The molecule has 7 rings (SSSR count). The van der Waals surface area contributed by atoms with Crippen LogP contribution in [-0.4, -0.2) is 70.0 Å². The molecule has 0 radical (unpaired) electrons. The van der Waals surface area contributed by atoms with Gasteiger partial charge in [-0.15, -0.1) is 6.42 Å². The molecule has 0 spiro atoms. The number of ether oxygens (including phenoxy) is 1. The highest BCUT2D eigenvalue weighted by molar-refractivity contribution is 6.04. The summed E-state index contributed by atoms with van der Waals surface area (Å²) < 4.78 is 68.3. The second-order valence-electron chi connectivity index (χ2n) is 13.0. The molecule has 3 fully saturated rings. The fourth-order valence-corrected chi connectivity index (χ4v) is 7.57. The molecule has 45 heavy (non-hydrogen) atoms. The molecule has 3 aliphatic heterocycles. The fraction of sp³-hybridized carbons (Fsp3) is 0.412. The second kappa shape index (κ2) is 10.7. The summed E-state index contributed by atoms with van der Waals surface area (Å²) in [6.07, 6.45) is 8.17. The lowest BCUT2D eigenvalue weighted by Gasteiger charge is -2.39. The van der Waals surface area contributed by atoms with Gasteiger partial charge < -0.3 is 20.5 Å². The summed E-state index contributed by atoms with van der Waals surface area (Å²) in [6.45, 7) is 4.07. The maximum absolute atomic E-state index is 16.8. The van der Waals surface area contributed by atoms with Crippen molar-refractivity contribution in [2.45, 2.75) is 56.3 Å². The summed E-state index contributed by atoms with van der Waals surface area (Å²) in [5, 5.41) is 11.0. The number of piperidine rings is 1. The van der Waals surface area contributed by atoms with Crippen molar-refractivity contribution >= 4 is 27.5 Å². The molecular weight excluding hydrogens is 586 g/mol. The Morgan fingerprint density at radius 2 is 1.91 bits per heavy atom. The Kier molecular flexibility index (Phi) is 7.06. The van der Waals surface area contributed by atoms with E-state index in [0.717, 1.165) is 50.4 Å². The topological polar surface area (TPSA) is 87.7 Å². The first-order valence-corrected chi connectivity index (χ1v) is 15.2. The quantitative estimate of drug-likeness (QED) is 0.215. The van der Waals surface area contributed by atoms with Crippen LogP contribution >= 0.6 is 0 Å². The molecule has 0 amide bonds. The van der Waals surface area contributed by atoms with Gasteiger partial charge in [0, 0.05) is 47.9 Å². The highest BCUT2D eigenvalue weighted by Crippen LogP contribution is 2.43. The summed E-state index contributed by atoms with van der Waals surface area (Å²) in [7, 11) is 0. The van der Waals surface area contributed by atoms with Crippen molar-refractivity contribution in [3.8, 4) is 35.2 Å². The van der Waals surface area contributed by atoms with E-state index in [1.807, 2.05) is 11.8 Å². The van der Waals surface area contributed by atoms with Gasteiger partial charge in [-0.2, -0.15) is 9.97 Å². The number of hydrogen-bond acceptors (Lipinski definition) is 7. The molecule has 3 N–H and O–H groups in total. The van der Waals surface area contributed by atoms with Gasteiger partial charge in [0.1, 0.15) is 41.5 Å². The van der Waals surface area contributed by atoms with Crippen molar-refractivity contribution < 1.29 is 27.4 Å². The molecule has 4 aromatic rings. The van der Waals surface area contributed by atoms with Gasteiger partial charge >= 0.3 is 6.01 Å². The Balaban J connectivity index is 1.42. The molecule has 3 aromatic carbocycles. The van der Waals surface area contributed by atoms with Crippen LogP contribution in [0.15, 0.2) is 30.3 Å². The van der Waals surface area contributed by atoms with E-state index in [1.165, 1.54) is 12.1 Å². The van der Waals surface area contributed by atoms with Crippen molar-refractivity contribution in [1.29, 1.82) is 0 Å². The smallest absolute Gasteiger partial charge is 0.319 e. The standard InChI is InChI=1S/C34H33F4N5O2/c1-3-22-25(36)7-6-19-12-21(44)13-23(27(19)22)28-26(37)14-24-30(29(28)38)40-32(41-31(24)42-10-4-8-33(2,39)17-42)45-18-34-9-5-11-43(34)16-20(35)15-34/h1,6-7,12-14,20,44H,4-5,8-11,15-18,39H2,2H3/t20-,33?,34+/m1/s1. The predicted octanol–water partition coefficient (Wildman–Crippen LogP) is 5.83. The number of benzene rings is 3. The number of alkyl halides is 1. The van der Waals surface area contributed by atoms with E-state index in [-0.39, 0.29) is 51.6 Å². The van der Waals surface area contributed by atoms with E-state index < -0.39 is 40.3 Å². The Hall–Kier alpha value is -4.14. The van der Waals surface area contributed by atoms with Crippen LogP contribution in [0.5, 0.6) is 11.8 Å². The number of phenolic OH excluding ortho intramolecular Hbond substituents is 1. The van der Waals surface area contributed by atoms with Gasteiger partial charge in [-0.1, -0.05) is 12.0 Å². The van der Waals surface area contributed by atoms with Gasteiger partial charge in [0.25, 0.3) is 0 Å². The molecule has 4 heterocycles. The number of terminal acetylenes is 1. The number of halogens is 4. The lowest BCUT2D eigenvalue weighted by molar-refractivity contribution is 0.107. The van der Waals surface area contributed by atoms with Crippen LogP contribution in [0.25, 0.3) is 32.8 Å². The van der Waals surface area contributed by atoms with E-state index in [1.54, 1.807) is 0 Å². The van der Waals surface area contributed by atoms with E-state index in [4.69, 9.17) is 16.9 Å². The van der Waals surface area contributed by atoms with Gasteiger partial charge in [0.15, 0.2) is 5.82 Å². The Morgan fingerprint density at radius 1 is 1.11 bits per heavy atom. The van der Waals surface area contributed by atoms with Gasteiger partial charge in [0.05, 0.1) is 16.7 Å². The average Bonchev–Trinajstić information content (AvgIpc) is 3.51. The number of anilines is 1. The van der Waals surface area contributed by atoms with Crippen molar-refractivity contribution in [2.24, 2.45) is 5.73 Å². The maximum atomic E-state index is 16.8. The van der Waals surface area contributed by atoms with Crippen LogP contribution in [0.4, 0.5) is 23.4 Å². The molecule has 3 aliphatic rings. The summed E-state index contributed by atoms with van der Waals surface area (Å²) in [5.41, 5.74) is 4.37. The summed E-state index contributed by atoms with van der Waals surface area (Å²) in [6, 6.07) is 6.04. The molecule has 234 valence electrons. The van der Waals surface area contributed by atoms with E-state index in [2.05, 4.69) is 20.8 Å². The molecule has 11 heteroatoms. The molecule has 7 nitrogen and oxygen atoms in total. The summed E-state index contributed by atoms with van der Waals surface area (Å²) >= 11 is 0. The van der Waals surface area contributed by atoms with Crippen molar-refractivity contribution in [3.05, 3.63) is 53.3 Å². The Bertz CT molecular complexity index is 1890. The van der Waals surface area contributed by atoms with Crippen LogP contribution in [0, 0.1) is 29.8 Å². The molecule has 0 saturated carbocycles. The average molecular weight is 620 g/mol. The minimum Gasteiger partial charge on any atom is -0.508 e.